The second-order valence-corrected chi connectivity index (χ2v) is 6.10. The van der Waals surface area contributed by atoms with Crippen LogP contribution in [0.1, 0.15) is 20.8 Å². The van der Waals surface area contributed by atoms with E-state index >= 15 is 0 Å². The minimum absolute atomic E-state index is 0.436. The molecule has 3 rings (SSSR count). The van der Waals surface area contributed by atoms with Crippen molar-refractivity contribution < 1.29 is 9.53 Å². The van der Waals surface area contributed by atoms with E-state index in [4.69, 9.17) is 10.5 Å². The van der Waals surface area contributed by atoms with E-state index < -0.39 is 11.7 Å². The summed E-state index contributed by atoms with van der Waals surface area (Å²) >= 11 is 0. The first kappa shape index (κ1) is 15.0. The quantitative estimate of drug-likeness (QED) is 0.742. The van der Waals surface area contributed by atoms with Gasteiger partial charge in [0.25, 0.3) is 0 Å². The molecule has 0 amide bonds. The maximum Gasteiger partial charge on any atom is 0.420 e. The molecule has 23 heavy (non-hydrogen) atoms. The van der Waals surface area contributed by atoms with Gasteiger partial charge in [-0.1, -0.05) is 0 Å². The molecule has 0 aliphatic heterocycles. The minimum atomic E-state index is -0.579. The highest BCUT2D eigenvalue weighted by atomic mass is 16.6. The Morgan fingerprint density at radius 3 is 2.61 bits per heavy atom. The van der Waals surface area contributed by atoms with Gasteiger partial charge in [0.2, 0.25) is 0 Å². The molecule has 0 unspecified atom stereocenters. The van der Waals surface area contributed by atoms with Crippen LogP contribution in [0.3, 0.4) is 0 Å². The molecule has 0 aliphatic carbocycles. The summed E-state index contributed by atoms with van der Waals surface area (Å²) in [6, 6.07) is 5.31. The topological polar surface area (TPSA) is 95.9 Å². The highest BCUT2D eigenvalue weighted by Gasteiger charge is 2.20. The number of rotatable bonds is 1. The predicted molar refractivity (Wildman–Crippen MR) is 86.8 cm³/mol. The van der Waals surface area contributed by atoms with E-state index in [1.807, 2.05) is 26.8 Å². The standard InChI is InChI=1S/C16H17N5O2/c1-16(2,3)23-15(22)21-7-6-11-13(19-9-20-14(11)21)10-4-5-12(17)18-8-10/h4-9H,1-3H3,(H2,17,18). The summed E-state index contributed by atoms with van der Waals surface area (Å²) in [6.45, 7) is 5.45. The third-order valence-corrected chi connectivity index (χ3v) is 3.13. The molecule has 0 radical (unpaired) electrons. The lowest BCUT2D eigenvalue weighted by molar-refractivity contribution is 0.0543. The lowest BCUT2D eigenvalue weighted by Crippen LogP contribution is -2.26. The van der Waals surface area contributed by atoms with Gasteiger partial charge >= 0.3 is 6.09 Å². The highest BCUT2D eigenvalue weighted by molar-refractivity contribution is 5.95. The number of pyridine rings is 1. The van der Waals surface area contributed by atoms with E-state index in [9.17, 15) is 4.79 Å². The molecule has 0 aliphatic rings. The number of nitrogen functional groups attached to an aromatic ring is 1. The first-order chi connectivity index (χ1) is 10.8. The average molecular weight is 311 g/mol. The minimum Gasteiger partial charge on any atom is -0.443 e. The second-order valence-electron chi connectivity index (χ2n) is 6.10. The zero-order valence-corrected chi connectivity index (χ0v) is 13.1. The van der Waals surface area contributed by atoms with E-state index in [1.54, 1.807) is 24.5 Å². The molecule has 3 aromatic rings. The van der Waals surface area contributed by atoms with Gasteiger partial charge < -0.3 is 10.5 Å². The number of nitrogens with two attached hydrogens (primary N) is 1. The van der Waals surface area contributed by atoms with Crippen LogP contribution in [0.5, 0.6) is 0 Å². The van der Waals surface area contributed by atoms with Gasteiger partial charge in [-0.2, -0.15) is 0 Å². The van der Waals surface area contributed by atoms with Crippen LogP contribution in [0, 0.1) is 0 Å². The Hall–Kier alpha value is -2.96. The molecule has 0 atom stereocenters. The monoisotopic (exact) mass is 311 g/mol. The van der Waals surface area contributed by atoms with Crippen molar-refractivity contribution in [3.05, 3.63) is 36.9 Å². The van der Waals surface area contributed by atoms with Crippen molar-refractivity contribution >= 4 is 22.9 Å². The number of ether oxygens (including phenoxy) is 1. The Bertz CT molecular complexity index is 862. The summed E-state index contributed by atoms with van der Waals surface area (Å²) in [4.78, 5) is 24.8. The maximum atomic E-state index is 12.3. The zero-order chi connectivity index (χ0) is 16.6. The van der Waals surface area contributed by atoms with E-state index in [0.29, 0.717) is 17.2 Å². The zero-order valence-electron chi connectivity index (χ0n) is 13.1. The summed E-state index contributed by atoms with van der Waals surface area (Å²) < 4.78 is 6.76. The van der Waals surface area contributed by atoms with Gasteiger partial charge in [0.05, 0.1) is 5.69 Å². The molecule has 2 N–H and O–H groups in total. The van der Waals surface area contributed by atoms with Crippen molar-refractivity contribution in [3.8, 4) is 11.3 Å². The van der Waals surface area contributed by atoms with Crippen molar-refractivity contribution in [2.75, 3.05) is 5.73 Å². The van der Waals surface area contributed by atoms with Crippen LogP contribution in [-0.2, 0) is 4.74 Å². The van der Waals surface area contributed by atoms with Gasteiger partial charge in [-0.25, -0.2) is 24.3 Å². The van der Waals surface area contributed by atoms with Gasteiger partial charge in [-0.3, -0.25) is 0 Å². The number of hydrogen-bond donors (Lipinski definition) is 1. The number of aromatic nitrogens is 4. The fraction of sp³-hybridized carbons (Fsp3) is 0.250. The van der Waals surface area contributed by atoms with E-state index in [1.165, 1.54) is 10.9 Å². The number of nitrogens with zero attached hydrogens (tertiary/aromatic N) is 4. The summed E-state index contributed by atoms with van der Waals surface area (Å²) in [5.41, 5.74) is 7.00. The van der Waals surface area contributed by atoms with Crippen molar-refractivity contribution in [1.29, 1.82) is 0 Å². The molecule has 0 spiro atoms. The SMILES string of the molecule is CC(C)(C)OC(=O)n1ccc2c(-c3ccc(N)nc3)ncnc21. The van der Waals surface area contributed by atoms with Crippen molar-refractivity contribution in [2.45, 2.75) is 26.4 Å². The highest BCUT2D eigenvalue weighted by Crippen LogP contribution is 2.26. The third-order valence-electron chi connectivity index (χ3n) is 3.13. The van der Waals surface area contributed by atoms with Crippen LogP contribution in [0.2, 0.25) is 0 Å². The summed E-state index contributed by atoms with van der Waals surface area (Å²) in [7, 11) is 0. The van der Waals surface area contributed by atoms with Crippen molar-refractivity contribution in [3.63, 3.8) is 0 Å². The Labute approximate surface area is 133 Å². The van der Waals surface area contributed by atoms with Crippen LogP contribution in [-0.4, -0.2) is 31.2 Å². The van der Waals surface area contributed by atoms with Crippen LogP contribution in [0.15, 0.2) is 36.9 Å². The first-order valence-corrected chi connectivity index (χ1v) is 7.12. The molecule has 7 nitrogen and oxygen atoms in total. The molecule has 3 aromatic heterocycles. The molecule has 0 saturated carbocycles. The van der Waals surface area contributed by atoms with Crippen LogP contribution < -0.4 is 5.73 Å². The largest absolute Gasteiger partial charge is 0.443 e. The molecule has 0 saturated heterocycles. The fourth-order valence-corrected chi connectivity index (χ4v) is 2.19. The predicted octanol–water partition coefficient (Wildman–Crippen LogP) is 2.86. The smallest absolute Gasteiger partial charge is 0.420 e. The number of anilines is 1. The number of carbonyl (C=O) groups is 1. The summed E-state index contributed by atoms with van der Waals surface area (Å²) in [6.07, 6.45) is 4.20. The molecule has 3 heterocycles. The van der Waals surface area contributed by atoms with Crippen LogP contribution in [0.4, 0.5) is 10.6 Å². The van der Waals surface area contributed by atoms with Gasteiger partial charge in [0, 0.05) is 23.3 Å². The average Bonchev–Trinajstić information content (AvgIpc) is 2.90. The van der Waals surface area contributed by atoms with Crippen molar-refractivity contribution in [1.82, 2.24) is 19.5 Å². The molecular weight excluding hydrogens is 294 g/mol. The lowest BCUT2D eigenvalue weighted by Gasteiger charge is -2.19. The van der Waals surface area contributed by atoms with E-state index in [0.717, 1.165) is 10.9 Å². The van der Waals surface area contributed by atoms with Crippen molar-refractivity contribution in [2.24, 2.45) is 0 Å². The van der Waals surface area contributed by atoms with Gasteiger partial charge in [-0.15, -0.1) is 0 Å². The molecule has 7 heteroatoms. The molecule has 0 bridgehead atoms. The Morgan fingerprint density at radius 2 is 1.96 bits per heavy atom. The summed E-state index contributed by atoms with van der Waals surface area (Å²) in [5.74, 6) is 0.436. The van der Waals surface area contributed by atoms with Gasteiger partial charge in [0.15, 0.2) is 5.65 Å². The first-order valence-electron chi connectivity index (χ1n) is 7.12. The van der Waals surface area contributed by atoms with Gasteiger partial charge in [0.1, 0.15) is 17.7 Å². The number of hydrogen-bond acceptors (Lipinski definition) is 6. The molecule has 118 valence electrons. The van der Waals surface area contributed by atoms with Crippen LogP contribution in [0.25, 0.3) is 22.3 Å². The Morgan fingerprint density at radius 1 is 1.17 bits per heavy atom. The Balaban J connectivity index is 2.07. The number of fused-ring (bicyclic) bond motifs is 1. The molecule has 0 fully saturated rings. The van der Waals surface area contributed by atoms with Crippen LogP contribution >= 0.6 is 0 Å². The van der Waals surface area contributed by atoms with E-state index in [2.05, 4.69) is 15.0 Å². The third kappa shape index (κ3) is 2.98. The fourth-order valence-electron chi connectivity index (χ4n) is 2.19. The van der Waals surface area contributed by atoms with Gasteiger partial charge in [-0.05, 0) is 39.0 Å². The number of carbonyl (C=O) groups excluding carboxylic acids is 1. The normalized spacial score (nSPS) is 11.6. The molecule has 0 aromatic carbocycles. The Kier molecular flexibility index (Phi) is 3.48. The van der Waals surface area contributed by atoms with E-state index in [-0.39, 0.29) is 0 Å². The maximum absolute atomic E-state index is 12.3. The summed E-state index contributed by atoms with van der Waals surface area (Å²) in [5, 5.41) is 0.741. The second kappa shape index (κ2) is 5.35. The lowest BCUT2D eigenvalue weighted by atomic mass is 10.1. The molecular formula is C16H17N5O2.